The fourth-order valence-electron chi connectivity index (χ4n) is 5.52. The maximum Gasteiger partial charge on any atom is 0.257 e. The van der Waals surface area contributed by atoms with Gasteiger partial charge in [-0.25, -0.2) is 9.37 Å². The van der Waals surface area contributed by atoms with Gasteiger partial charge in [0.25, 0.3) is 5.56 Å². The second-order valence-corrected chi connectivity index (χ2v) is 8.77. The van der Waals surface area contributed by atoms with Gasteiger partial charge in [0, 0.05) is 34.2 Å². The lowest BCUT2D eigenvalue weighted by Crippen LogP contribution is -2.47. The molecule has 2 aromatic heterocycles. The molecule has 1 aromatic carbocycles. The van der Waals surface area contributed by atoms with Crippen molar-refractivity contribution in [3.05, 3.63) is 61.7 Å². The summed E-state index contributed by atoms with van der Waals surface area (Å²) in [4.78, 5) is 18.1. The number of aliphatic hydroxyl groups excluding tert-OH is 1. The van der Waals surface area contributed by atoms with E-state index in [1.54, 1.807) is 24.5 Å². The van der Waals surface area contributed by atoms with Crippen molar-refractivity contribution in [1.82, 2.24) is 9.55 Å². The quantitative estimate of drug-likeness (QED) is 0.431. The predicted molar refractivity (Wildman–Crippen MR) is 111 cm³/mol. The van der Waals surface area contributed by atoms with Crippen molar-refractivity contribution in [2.24, 2.45) is 5.73 Å². The Kier molecular flexibility index (Phi) is 3.68. The predicted octanol–water partition coefficient (Wildman–Crippen LogP) is 1.87. The lowest BCUT2D eigenvalue weighted by atomic mass is 9.85. The van der Waals surface area contributed by atoms with E-state index in [4.69, 9.17) is 15.5 Å². The number of nitrogens with two attached hydrogens (primary N) is 1. The molecule has 4 heterocycles. The van der Waals surface area contributed by atoms with Crippen LogP contribution in [0.2, 0.25) is 0 Å². The lowest BCUT2D eigenvalue weighted by Gasteiger charge is -2.37. The fraction of sp³-hybridized carbons (Fsp3) is 0.391. The minimum Gasteiger partial charge on any atom is -0.380 e. The van der Waals surface area contributed by atoms with Gasteiger partial charge in [-0.2, -0.15) is 0 Å². The van der Waals surface area contributed by atoms with Crippen molar-refractivity contribution < 1.29 is 19.3 Å². The average Bonchev–Trinajstić information content (AvgIpc) is 3.28. The number of aliphatic hydroxyl groups is 2. The zero-order valence-electron chi connectivity index (χ0n) is 17.2. The van der Waals surface area contributed by atoms with Gasteiger partial charge in [0.15, 0.2) is 6.29 Å². The van der Waals surface area contributed by atoms with Crippen LogP contribution in [-0.2, 0) is 29.9 Å². The van der Waals surface area contributed by atoms with Gasteiger partial charge < -0.3 is 25.3 Å². The summed E-state index contributed by atoms with van der Waals surface area (Å²) in [6.07, 6.45) is -0.722. The van der Waals surface area contributed by atoms with Crippen molar-refractivity contribution in [2.75, 3.05) is 0 Å². The molecule has 8 heteroatoms. The molecule has 4 N–H and O–H groups in total. The summed E-state index contributed by atoms with van der Waals surface area (Å²) in [5.74, 6) is -0.323. The molecule has 2 unspecified atom stereocenters. The molecule has 31 heavy (non-hydrogen) atoms. The van der Waals surface area contributed by atoms with E-state index in [0.29, 0.717) is 46.6 Å². The summed E-state index contributed by atoms with van der Waals surface area (Å²) in [5.41, 5.74) is 10.1. The summed E-state index contributed by atoms with van der Waals surface area (Å²) in [6, 6.07) is 2.84. The van der Waals surface area contributed by atoms with E-state index in [-0.39, 0.29) is 30.4 Å². The molecule has 3 aliphatic rings. The normalized spacial score (nSPS) is 25.6. The number of halogens is 1. The van der Waals surface area contributed by atoms with Crippen LogP contribution in [0.1, 0.15) is 52.8 Å². The zero-order valence-corrected chi connectivity index (χ0v) is 17.2. The number of benzene rings is 1. The van der Waals surface area contributed by atoms with Gasteiger partial charge in [-0.15, -0.1) is 0 Å². The third-order valence-electron chi connectivity index (χ3n) is 7.30. The molecule has 160 valence electrons. The van der Waals surface area contributed by atoms with E-state index in [0.717, 1.165) is 22.1 Å². The van der Waals surface area contributed by atoms with E-state index in [2.05, 4.69) is 0 Å². The van der Waals surface area contributed by atoms with Crippen molar-refractivity contribution in [2.45, 2.75) is 57.8 Å². The molecule has 7 nitrogen and oxygen atoms in total. The van der Waals surface area contributed by atoms with E-state index in [9.17, 15) is 19.4 Å². The molecule has 0 amide bonds. The van der Waals surface area contributed by atoms with E-state index in [1.807, 2.05) is 0 Å². The highest BCUT2D eigenvalue weighted by Crippen LogP contribution is 2.46. The fourth-order valence-corrected chi connectivity index (χ4v) is 5.52. The summed E-state index contributed by atoms with van der Waals surface area (Å²) < 4.78 is 21.5. The minimum absolute atomic E-state index is 0.0788. The molecule has 0 bridgehead atoms. The number of hydrogen-bond acceptors (Lipinski definition) is 6. The number of hydrogen-bond donors (Lipinski definition) is 3. The highest BCUT2D eigenvalue weighted by molar-refractivity contribution is 5.94. The maximum absolute atomic E-state index is 14.6. The van der Waals surface area contributed by atoms with Gasteiger partial charge in [0.2, 0.25) is 0 Å². The maximum atomic E-state index is 14.6. The molecule has 0 spiro atoms. The van der Waals surface area contributed by atoms with Crippen molar-refractivity contribution in [1.29, 1.82) is 0 Å². The molecule has 0 saturated heterocycles. The smallest absolute Gasteiger partial charge is 0.257 e. The Balaban J connectivity index is 1.68. The van der Waals surface area contributed by atoms with Gasteiger partial charge in [-0.1, -0.05) is 6.92 Å². The minimum atomic E-state index is -1.69. The van der Waals surface area contributed by atoms with Crippen LogP contribution in [0.25, 0.3) is 22.3 Å². The molecule has 0 fully saturated rings. The molecule has 3 atom stereocenters. The number of ether oxygens (including phenoxy) is 1. The van der Waals surface area contributed by atoms with Crippen LogP contribution < -0.4 is 11.3 Å². The monoisotopic (exact) mass is 423 g/mol. The van der Waals surface area contributed by atoms with Crippen LogP contribution >= 0.6 is 0 Å². The first-order valence-corrected chi connectivity index (χ1v) is 10.5. The van der Waals surface area contributed by atoms with Crippen LogP contribution in [0.15, 0.2) is 16.9 Å². The van der Waals surface area contributed by atoms with E-state index in [1.165, 1.54) is 6.07 Å². The molecule has 3 aromatic rings. The second kappa shape index (κ2) is 5.98. The summed E-state index contributed by atoms with van der Waals surface area (Å²) in [7, 11) is 0. The SMILES string of the molecule is CC[C@]1(O)c2cc3n(c(=O)c2COC1O)Cc1c-3nc2cc(F)c(C)c3c2c1C(N)C3. The first-order chi connectivity index (χ1) is 14.8. The van der Waals surface area contributed by atoms with Crippen molar-refractivity contribution in [3.63, 3.8) is 0 Å². The topological polar surface area (TPSA) is 111 Å². The molecule has 6 rings (SSSR count). The lowest BCUT2D eigenvalue weighted by molar-refractivity contribution is -0.236. The Hall–Kier alpha value is -2.65. The van der Waals surface area contributed by atoms with Crippen molar-refractivity contribution >= 4 is 10.9 Å². The third kappa shape index (κ3) is 2.20. The second-order valence-electron chi connectivity index (χ2n) is 8.77. The van der Waals surface area contributed by atoms with Crippen LogP contribution in [-0.4, -0.2) is 26.1 Å². The van der Waals surface area contributed by atoms with E-state index >= 15 is 0 Å². The van der Waals surface area contributed by atoms with Gasteiger partial charge >= 0.3 is 0 Å². The molecule has 0 radical (unpaired) electrons. The summed E-state index contributed by atoms with van der Waals surface area (Å²) in [6.45, 7) is 3.71. The summed E-state index contributed by atoms with van der Waals surface area (Å²) >= 11 is 0. The van der Waals surface area contributed by atoms with Gasteiger partial charge in [0.1, 0.15) is 11.4 Å². The van der Waals surface area contributed by atoms with Crippen LogP contribution in [0, 0.1) is 12.7 Å². The standard InChI is InChI=1S/C23H22FN3O4/c1-3-23(30)13-5-17-20-11(7-27(17)21(28)12(13)8-31-22(23)29)18-15(25)4-10-9(2)14(24)6-16(26-20)19(10)18/h5-6,15,22,29-30H,3-4,7-8,25H2,1-2H3/t15?,22?,23-/m0/s1. The van der Waals surface area contributed by atoms with Gasteiger partial charge in [0.05, 0.1) is 30.1 Å². The molecule has 0 saturated carbocycles. The first-order valence-electron chi connectivity index (χ1n) is 10.5. The first kappa shape index (κ1) is 19.1. The number of pyridine rings is 2. The highest BCUT2D eigenvalue weighted by Gasteiger charge is 2.45. The largest absolute Gasteiger partial charge is 0.380 e. The van der Waals surface area contributed by atoms with Crippen LogP contribution in [0.5, 0.6) is 0 Å². The number of aromatic nitrogens is 2. The molecular weight excluding hydrogens is 401 g/mol. The number of fused-ring (bicyclic) bond motifs is 5. The Labute approximate surface area is 176 Å². The number of nitrogens with zero attached hydrogens (tertiary/aromatic N) is 2. The highest BCUT2D eigenvalue weighted by atomic mass is 19.1. The van der Waals surface area contributed by atoms with Crippen LogP contribution in [0.3, 0.4) is 0 Å². The zero-order chi connectivity index (χ0) is 21.8. The molecule has 1 aliphatic carbocycles. The molecular formula is C23H22FN3O4. The van der Waals surface area contributed by atoms with E-state index < -0.39 is 11.9 Å². The van der Waals surface area contributed by atoms with Crippen molar-refractivity contribution in [3.8, 4) is 11.4 Å². The molecule has 2 aliphatic heterocycles. The summed E-state index contributed by atoms with van der Waals surface area (Å²) in [5, 5.41) is 22.2. The number of rotatable bonds is 1. The third-order valence-corrected chi connectivity index (χ3v) is 7.30. The average molecular weight is 423 g/mol. The Bertz CT molecular complexity index is 1380. The van der Waals surface area contributed by atoms with Crippen LogP contribution in [0.4, 0.5) is 4.39 Å². The Morgan fingerprint density at radius 3 is 2.87 bits per heavy atom. The van der Waals surface area contributed by atoms with Gasteiger partial charge in [-0.3, -0.25) is 4.79 Å². The Morgan fingerprint density at radius 1 is 1.35 bits per heavy atom. The van der Waals surface area contributed by atoms with Gasteiger partial charge in [-0.05, 0) is 42.5 Å². The Morgan fingerprint density at radius 2 is 2.13 bits per heavy atom.